The van der Waals surface area contributed by atoms with E-state index in [1.165, 1.54) is 17.4 Å². The molecule has 7 heteroatoms. The molecule has 0 unspecified atom stereocenters. The molecule has 21 heavy (non-hydrogen) atoms. The molecular formula is C14H16ClN3O2S. The Morgan fingerprint density at radius 3 is 2.52 bits per heavy atom. The highest BCUT2D eigenvalue weighted by Gasteiger charge is 2.19. The number of anilines is 2. The van der Waals surface area contributed by atoms with Crippen LogP contribution in [0.2, 0.25) is 5.02 Å². The summed E-state index contributed by atoms with van der Waals surface area (Å²) in [5.74, 6) is 0. The van der Waals surface area contributed by atoms with Crippen molar-refractivity contribution in [1.29, 1.82) is 0 Å². The van der Waals surface area contributed by atoms with Gasteiger partial charge in [0.25, 0.3) is 0 Å². The topological polar surface area (TPSA) is 75.4 Å². The third kappa shape index (κ3) is 4.10. The van der Waals surface area contributed by atoms with Crippen LogP contribution in [0.1, 0.15) is 5.56 Å². The average molecular weight is 326 g/mol. The van der Waals surface area contributed by atoms with Crippen LogP contribution in [-0.2, 0) is 16.8 Å². The van der Waals surface area contributed by atoms with Gasteiger partial charge in [0.15, 0.2) is 0 Å². The maximum absolute atomic E-state index is 12.3. The van der Waals surface area contributed by atoms with Crippen molar-refractivity contribution in [2.45, 2.75) is 6.54 Å². The molecule has 2 aromatic rings. The van der Waals surface area contributed by atoms with Gasteiger partial charge in [-0.25, -0.2) is 0 Å². The van der Waals surface area contributed by atoms with Gasteiger partial charge in [0.2, 0.25) is 0 Å². The van der Waals surface area contributed by atoms with Gasteiger partial charge >= 0.3 is 10.2 Å². The van der Waals surface area contributed by atoms with Crippen molar-refractivity contribution in [2.24, 2.45) is 0 Å². The fourth-order valence-corrected chi connectivity index (χ4v) is 2.91. The first-order valence-corrected chi connectivity index (χ1v) is 8.03. The lowest BCUT2D eigenvalue weighted by atomic mass is 10.2. The smallest absolute Gasteiger partial charge is 0.301 e. The van der Waals surface area contributed by atoms with Crippen LogP contribution in [0.3, 0.4) is 0 Å². The number of hydrogen-bond donors (Lipinski definition) is 2. The third-order valence-electron chi connectivity index (χ3n) is 2.89. The fourth-order valence-electron chi connectivity index (χ4n) is 1.76. The van der Waals surface area contributed by atoms with Crippen molar-refractivity contribution in [2.75, 3.05) is 17.5 Å². The van der Waals surface area contributed by atoms with E-state index in [9.17, 15) is 8.42 Å². The molecule has 0 bridgehead atoms. The van der Waals surface area contributed by atoms with Crippen LogP contribution in [0.5, 0.6) is 0 Å². The Labute approximate surface area is 129 Å². The van der Waals surface area contributed by atoms with E-state index >= 15 is 0 Å². The highest BCUT2D eigenvalue weighted by atomic mass is 35.5. The number of nitrogens with zero attached hydrogens (tertiary/aromatic N) is 1. The second-order valence-corrected chi connectivity index (χ2v) is 6.77. The van der Waals surface area contributed by atoms with Gasteiger partial charge in [0.1, 0.15) is 0 Å². The van der Waals surface area contributed by atoms with Gasteiger partial charge in [-0.05, 0) is 23.8 Å². The molecule has 0 amide bonds. The predicted molar refractivity (Wildman–Crippen MR) is 86.3 cm³/mol. The number of benzene rings is 2. The summed E-state index contributed by atoms with van der Waals surface area (Å²) in [7, 11) is -2.21. The van der Waals surface area contributed by atoms with Gasteiger partial charge in [0.05, 0.1) is 10.7 Å². The molecule has 0 fully saturated rings. The molecule has 0 atom stereocenters. The van der Waals surface area contributed by atoms with E-state index in [0.29, 0.717) is 10.7 Å². The first kappa shape index (κ1) is 15.6. The first-order chi connectivity index (χ1) is 9.88. The molecule has 3 N–H and O–H groups in total. The van der Waals surface area contributed by atoms with Crippen LogP contribution in [0.25, 0.3) is 0 Å². The van der Waals surface area contributed by atoms with Crippen molar-refractivity contribution < 1.29 is 8.42 Å². The number of nitrogens with two attached hydrogens (primary N) is 1. The molecule has 0 aliphatic heterocycles. The minimum absolute atomic E-state index is 0.260. The van der Waals surface area contributed by atoms with Gasteiger partial charge in [-0.3, -0.25) is 4.72 Å². The molecule has 0 saturated heterocycles. The number of nitrogens with one attached hydrogen (secondary N) is 1. The van der Waals surface area contributed by atoms with Crippen LogP contribution in [0, 0.1) is 0 Å². The van der Waals surface area contributed by atoms with Gasteiger partial charge in [-0.1, -0.05) is 41.9 Å². The molecule has 0 radical (unpaired) electrons. The number of rotatable bonds is 5. The molecule has 0 saturated carbocycles. The average Bonchev–Trinajstić information content (AvgIpc) is 2.43. The van der Waals surface area contributed by atoms with Crippen LogP contribution >= 0.6 is 11.6 Å². The highest BCUT2D eigenvalue weighted by molar-refractivity contribution is 7.90. The zero-order valence-corrected chi connectivity index (χ0v) is 13.0. The lowest BCUT2D eigenvalue weighted by molar-refractivity contribution is 0.471. The van der Waals surface area contributed by atoms with Crippen molar-refractivity contribution in [3.05, 3.63) is 59.1 Å². The molecule has 0 aliphatic rings. The molecule has 2 rings (SSSR count). The standard InChI is InChI=1S/C14H16ClN3O2S/c1-18(10-11-5-3-2-4-6-11)21(19,20)17-14-9-12(16)7-8-13(14)15/h2-9,17H,10,16H2,1H3. The molecular weight excluding hydrogens is 310 g/mol. The molecule has 0 aromatic heterocycles. The number of halogens is 1. The van der Waals surface area contributed by atoms with Crippen LogP contribution < -0.4 is 10.5 Å². The molecule has 0 aliphatic carbocycles. The van der Waals surface area contributed by atoms with E-state index in [1.807, 2.05) is 30.3 Å². The fraction of sp³-hybridized carbons (Fsp3) is 0.143. The Bertz CT molecular complexity index is 720. The summed E-state index contributed by atoms with van der Waals surface area (Å²) in [6.07, 6.45) is 0. The van der Waals surface area contributed by atoms with E-state index < -0.39 is 10.2 Å². The molecule has 0 heterocycles. The molecule has 0 spiro atoms. The summed E-state index contributed by atoms with van der Waals surface area (Å²) in [4.78, 5) is 0. The van der Waals surface area contributed by atoms with E-state index in [0.717, 1.165) is 5.56 Å². The van der Waals surface area contributed by atoms with Crippen LogP contribution in [0.4, 0.5) is 11.4 Å². The summed E-state index contributed by atoms with van der Waals surface area (Å²) in [6, 6.07) is 14.0. The third-order valence-corrected chi connectivity index (χ3v) is 4.64. The second-order valence-electron chi connectivity index (χ2n) is 4.59. The lowest BCUT2D eigenvalue weighted by Gasteiger charge is -2.19. The second kappa shape index (κ2) is 6.34. The quantitative estimate of drug-likeness (QED) is 0.830. The predicted octanol–water partition coefficient (Wildman–Crippen LogP) is 2.71. The van der Waals surface area contributed by atoms with E-state index in [4.69, 9.17) is 17.3 Å². The summed E-state index contributed by atoms with van der Waals surface area (Å²) in [5, 5.41) is 0.292. The minimum Gasteiger partial charge on any atom is -0.399 e. The summed E-state index contributed by atoms with van der Waals surface area (Å²) >= 11 is 5.97. The van der Waals surface area contributed by atoms with Gasteiger partial charge in [-0.15, -0.1) is 0 Å². The van der Waals surface area contributed by atoms with Crippen molar-refractivity contribution in [3.63, 3.8) is 0 Å². The number of hydrogen-bond acceptors (Lipinski definition) is 3. The maximum Gasteiger partial charge on any atom is 0.301 e. The maximum atomic E-state index is 12.3. The normalized spacial score (nSPS) is 11.6. The largest absolute Gasteiger partial charge is 0.399 e. The molecule has 112 valence electrons. The van der Waals surface area contributed by atoms with Crippen molar-refractivity contribution in [1.82, 2.24) is 4.31 Å². The summed E-state index contributed by atoms with van der Waals surface area (Å²) in [5.41, 5.74) is 7.23. The highest BCUT2D eigenvalue weighted by Crippen LogP contribution is 2.25. The van der Waals surface area contributed by atoms with E-state index in [1.54, 1.807) is 12.1 Å². The number of nitrogen functional groups attached to an aromatic ring is 1. The molecule has 5 nitrogen and oxygen atoms in total. The lowest BCUT2D eigenvalue weighted by Crippen LogP contribution is -2.32. The summed E-state index contributed by atoms with van der Waals surface area (Å²) < 4.78 is 28.2. The van der Waals surface area contributed by atoms with E-state index in [-0.39, 0.29) is 12.2 Å². The monoisotopic (exact) mass is 325 g/mol. The van der Waals surface area contributed by atoms with Crippen molar-refractivity contribution >= 4 is 33.2 Å². The van der Waals surface area contributed by atoms with Gasteiger partial charge < -0.3 is 5.73 Å². The van der Waals surface area contributed by atoms with Crippen LogP contribution in [-0.4, -0.2) is 19.8 Å². The Morgan fingerprint density at radius 1 is 1.19 bits per heavy atom. The Morgan fingerprint density at radius 2 is 1.86 bits per heavy atom. The van der Waals surface area contributed by atoms with Gasteiger partial charge in [-0.2, -0.15) is 12.7 Å². The van der Waals surface area contributed by atoms with Crippen LogP contribution in [0.15, 0.2) is 48.5 Å². The Hall–Kier alpha value is -1.76. The van der Waals surface area contributed by atoms with E-state index in [2.05, 4.69) is 4.72 Å². The van der Waals surface area contributed by atoms with Crippen molar-refractivity contribution in [3.8, 4) is 0 Å². The Balaban J connectivity index is 2.16. The zero-order chi connectivity index (χ0) is 15.5. The van der Waals surface area contributed by atoms with Gasteiger partial charge in [0, 0.05) is 19.3 Å². The SMILES string of the molecule is CN(Cc1ccccc1)S(=O)(=O)Nc1cc(N)ccc1Cl. The minimum atomic E-state index is -3.71. The summed E-state index contributed by atoms with van der Waals surface area (Å²) in [6.45, 7) is 0.260. The molecule has 2 aromatic carbocycles. The Kier molecular flexibility index (Phi) is 4.72. The zero-order valence-electron chi connectivity index (χ0n) is 11.5. The first-order valence-electron chi connectivity index (χ1n) is 6.21.